The second kappa shape index (κ2) is 5.40. The van der Waals surface area contributed by atoms with Crippen LogP contribution in [-0.4, -0.2) is 14.2 Å². The lowest BCUT2D eigenvalue weighted by atomic mass is 10.0. The third-order valence-electron chi connectivity index (χ3n) is 2.52. The van der Waals surface area contributed by atoms with Gasteiger partial charge in [-0.05, 0) is 42.7 Å². The van der Waals surface area contributed by atoms with Gasteiger partial charge in [0.05, 0.1) is 14.2 Å². The molecule has 0 radical (unpaired) electrons. The number of rotatable bonds is 4. The van der Waals surface area contributed by atoms with Crippen LogP contribution in [-0.2, 0) is 0 Å². The fourth-order valence-electron chi connectivity index (χ4n) is 1.67. The van der Waals surface area contributed by atoms with E-state index in [1.807, 2.05) is 18.2 Å². The maximum atomic E-state index is 5.28. The van der Waals surface area contributed by atoms with Crippen LogP contribution in [0.25, 0.3) is 5.57 Å². The van der Waals surface area contributed by atoms with Crippen LogP contribution in [0.2, 0.25) is 0 Å². The predicted octanol–water partition coefficient (Wildman–Crippen LogP) is 3.60. The molecule has 0 N–H and O–H groups in total. The summed E-state index contributed by atoms with van der Waals surface area (Å²) in [6.07, 6.45) is 3.76. The van der Waals surface area contributed by atoms with Crippen molar-refractivity contribution in [1.82, 2.24) is 0 Å². The van der Waals surface area contributed by atoms with E-state index in [1.54, 1.807) is 20.3 Å². The van der Waals surface area contributed by atoms with Gasteiger partial charge in [0.2, 0.25) is 0 Å². The Morgan fingerprint density at radius 2 is 1.75 bits per heavy atom. The molecule has 0 aromatic heterocycles. The number of allylic oxidation sites excluding steroid dienone is 3. The van der Waals surface area contributed by atoms with E-state index in [9.17, 15) is 0 Å². The average molecular weight is 218 g/mol. The van der Waals surface area contributed by atoms with Crippen molar-refractivity contribution in [3.63, 3.8) is 0 Å². The molecule has 1 aromatic rings. The maximum absolute atomic E-state index is 5.28. The van der Waals surface area contributed by atoms with Crippen molar-refractivity contribution in [2.24, 2.45) is 0 Å². The van der Waals surface area contributed by atoms with Gasteiger partial charge in [0.15, 0.2) is 11.5 Å². The third kappa shape index (κ3) is 2.45. The fraction of sp³-hybridized carbons (Fsp3) is 0.286. The highest BCUT2D eigenvalue weighted by atomic mass is 16.5. The Morgan fingerprint density at radius 3 is 2.25 bits per heavy atom. The van der Waals surface area contributed by atoms with E-state index in [1.165, 1.54) is 0 Å². The topological polar surface area (TPSA) is 18.5 Å². The molecule has 1 rings (SSSR count). The Morgan fingerprint density at radius 1 is 1.19 bits per heavy atom. The molecule has 0 spiro atoms. The zero-order valence-corrected chi connectivity index (χ0v) is 10.3. The van der Waals surface area contributed by atoms with Gasteiger partial charge < -0.3 is 9.47 Å². The fourth-order valence-corrected chi connectivity index (χ4v) is 1.67. The van der Waals surface area contributed by atoms with Crippen molar-refractivity contribution < 1.29 is 9.47 Å². The molecule has 0 amide bonds. The first-order chi connectivity index (χ1) is 7.63. The van der Waals surface area contributed by atoms with Crippen LogP contribution in [0, 0.1) is 6.92 Å². The molecule has 0 unspecified atom stereocenters. The Labute approximate surface area is 97.2 Å². The molecule has 0 heterocycles. The molecule has 0 saturated carbocycles. The van der Waals surface area contributed by atoms with E-state index in [2.05, 4.69) is 20.4 Å². The van der Waals surface area contributed by atoms with Crippen molar-refractivity contribution in [3.8, 4) is 11.5 Å². The molecule has 16 heavy (non-hydrogen) atoms. The first-order valence-electron chi connectivity index (χ1n) is 5.16. The van der Waals surface area contributed by atoms with E-state index in [0.29, 0.717) is 0 Å². The van der Waals surface area contributed by atoms with Crippen LogP contribution < -0.4 is 9.47 Å². The van der Waals surface area contributed by atoms with Crippen molar-refractivity contribution >= 4 is 5.57 Å². The minimum Gasteiger partial charge on any atom is -0.493 e. The predicted molar refractivity (Wildman–Crippen MR) is 68.1 cm³/mol. The number of hydrogen-bond donors (Lipinski definition) is 0. The Kier molecular flexibility index (Phi) is 4.18. The highest BCUT2D eigenvalue weighted by molar-refractivity contribution is 5.70. The summed E-state index contributed by atoms with van der Waals surface area (Å²) in [7, 11) is 3.28. The zero-order chi connectivity index (χ0) is 12.1. The first-order valence-corrected chi connectivity index (χ1v) is 5.16. The monoisotopic (exact) mass is 218 g/mol. The smallest absolute Gasteiger partial charge is 0.161 e. The van der Waals surface area contributed by atoms with Gasteiger partial charge in [0.1, 0.15) is 0 Å². The lowest BCUT2D eigenvalue weighted by molar-refractivity contribution is 0.354. The van der Waals surface area contributed by atoms with Crippen molar-refractivity contribution in [2.45, 2.75) is 13.8 Å². The van der Waals surface area contributed by atoms with Gasteiger partial charge in [0, 0.05) is 0 Å². The van der Waals surface area contributed by atoms with Crippen LogP contribution in [0.3, 0.4) is 0 Å². The minimum atomic E-state index is 0.750. The van der Waals surface area contributed by atoms with E-state index < -0.39 is 0 Å². The molecule has 0 aliphatic heterocycles. The van der Waals surface area contributed by atoms with E-state index >= 15 is 0 Å². The molecule has 0 aliphatic carbocycles. The zero-order valence-electron chi connectivity index (χ0n) is 10.3. The van der Waals surface area contributed by atoms with Gasteiger partial charge in [-0.25, -0.2) is 0 Å². The Balaban J connectivity index is 3.31. The number of methoxy groups -OCH3 is 2. The summed E-state index contributed by atoms with van der Waals surface area (Å²) in [5.41, 5.74) is 3.47. The molecular formula is C14H18O2. The molecule has 0 aliphatic rings. The van der Waals surface area contributed by atoms with Gasteiger partial charge in [0.25, 0.3) is 0 Å². The number of aryl methyl sites for hydroxylation is 1. The summed E-state index contributed by atoms with van der Waals surface area (Å²) in [5, 5.41) is 0. The Hall–Kier alpha value is -1.70. The summed E-state index contributed by atoms with van der Waals surface area (Å²) < 4.78 is 10.5. The van der Waals surface area contributed by atoms with E-state index in [4.69, 9.17) is 9.47 Å². The molecule has 2 heteroatoms. The maximum Gasteiger partial charge on any atom is 0.161 e. The minimum absolute atomic E-state index is 0.750. The number of ether oxygens (including phenoxy) is 2. The SMILES string of the molecule is C=C/C=C(/C)c1cc(OC)c(OC)cc1C. The van der Waals surface area contributed by atoms with Crippen LogP contribution in [0.1, 0.15) is 18.1 Å². The van der Waals surface area contributed by atoms with Gasteiger partial charge >= 0.3 is 0 Å². The lowest BCUT2D eigenvalue weighted by Crippen LogP contribution is -1.94. The molecule has 0 fully saturated rings. The standard InChI is InChI=1S/C14H18O2/c1-6-7-10(2)12-9-14(16-5)13(15-4)8-11(12)3/h6-9H,1H2,2-5H3/b10-7-. The normalized spacial score (nSPS) is 11.1. The summed E-state index contributed by atoms with van der Waals surface area (Å²) in [6, 6.07) is 3.97. The third-order valence-corrected chi connectivity index (χ3v) is 2.52. The van der Waals surface area contributed by atoms with Crippen LogP contribution in [0.15, 0.2) is 30.9 Å². The number of benzene rings is 1. The van der Waals surface area contributed by atoms with Gasteiger partial charge in [-0.2, -0.15) is 0 Å². The molecule has 1 aromatic carbocycles. The molecule has 0 atom stereocenters. The molecule has 0 bridgehead atoms. The van der Waals surface area contributed by atoms with Gasteiger partial charge in [-0.3, -0.25) is 0 Å². The molecular weight excluding hydrogens is 200 g/mol. The summed E-state index contributed by atoms with van der Waals surface area (Å²) in [6.45, 7) is 7.80. The van der Waals surface area contributed by atoms with Crippen molar-refractivity contribution in [2.75, 3.05) is 14.2 Å². The second-order valence-corrected chi connectivity index (χ2v) is 3.61. The van der Waals surface area contributed by atoms with Crippen molar-refractivity contribution in [1.29, 1.82) is 0 Å². The number of hydrogen-bond acceptors (Lipinski definition) is 2. The quantitative estimate of drug-likeness (QED) is 0.719. The van der Waals surface area contributed by atoms with Crippen LogP contribution >= 0.6 is 0 Å². The highest BCUT2D eigenvalue weighted by Gasteiger charge is 2.08. The first kappa shape index (κ1) is 12.4. The lowest BCUT2D eigenvalue weighted by Gasteiger charge is -2.12. The van der Waals surface area contributed by atoms with Crippen LogP contribution in [0.5, 0.6) is 11.5 Å². The summed E-state index contributed by atoms with van der Waals surface area (Å²) in [5.74, 6) is 1.51. The largest absolute Gasteiger partial charge is 0.493 e. The highest BCUT2D eigenvalue weighted by Crippen LogP contribution is 2.33. The second-order valence-electron chi connectivity index (χ2n) is 3.61. The summed E-state index contributed by atoms with van der Waals surface area (Å²) >= 11 is 0. The van der Waals surface area contributed by atoms with Crippen LogP contribution in [0.4, 0.5) is 0 Å². The van der Waals surface area contributed by atoms with Gasteiger partial charge in [-0.1, -0.05) is 18.7 Å². The van der Waals surface area contributed by atoms with E-state index in [-0.39, 0.29) is 0 Å². The molecule has 0 saturated heterocycles. The van der Waals surface area contributed by atoms with Crippen molar-refractivity contribution in [3.05, 3.63) is 42.0 Å². The Bertz CT molecular complexity index is 417. The summed E-state index contributed by atoms with van der Waals surface area (Å²) in [4.78, 5) is 0. The molecule has 2 nitrogen and oxygen atoms in total. The average Bonchev–Trinajstić information content (AvgIpc) is 2.28. The van der Waals surface area contributed by atoms with E-state index in [0.717, 1.165) is 28.2 Å². The molecule has 86 valence electrons. The van der Waals surface area contributed by atoms with Gasteiger partial charge in [-0.15, -0.1) is 0 Å².